The molecular formula is C23H23FN4O3. The predicted molar refractivity (Wildman–Crippen MR) is 113 cm³/mol. The molecule has 3 aromatic rings. The average molecular weight is 422 g/mol. The fraction of sp³-hybridized carbons (Fsp3) is 0.217. The zero-order valence-corrected chi connectivity index (χ0v) is 17.3. The molecular weight excluding hydrogens is 399 g/mol. The standard InChI is InChI=1S/C23H23FN4O3/c1-15(12-17-4-3-5-19(13-17)31-2)28-23(30)21-20(25-10-11-26-21)22(29)27-14-16-6-8-18(24)9-7-16/h3-11,13,15H,12,14H2,1-2H3,(H,27,29)(H,28,30). The first-order valence-electron chi connectivity index (χ1n) is 9.73. The molecule has 31 heavy (non-hydrogen) atoms. The van der Waals surface area contributed by atoms with Crippen molar-refractivity contribution in [1.82, 2.24) is 20.6 Å². The number of carbonyl (C=O) groups is 2. The Balaban J connectivity index is 1.64. The summed E-state index contributed by atoms with van der Waals surface area (Å²) in [6.45, 7) is 2.03. The summed E-state index contributed by atoms with van der Waals surface area (Å²) in [5.74, 6) is -0.644. The molecule has 1 unspecified atom stereocenters. The van der Waals surface area contributed by atoms with Crippen molar-refractivity contribution in [3.8, 4) is 5.75 Å². The Morgan fingerprint density at radius 3 is 2.35 bits per heavy atom. The number of halogens is 1. The summed E-state index contributed by atoms with van der Waals surface area (Å²) in [6, 6.07) is 13.1. The molecule has 3 rings (SSSR count). The van der Waals surface area contributed by atoms with E-state index >= 15 is 0 Å². The Labute approximate surface area is 179 Å². The third-order valence-corrected chi connectivity index (χ3v) is 4.55. The summed E-state index contributed by atoms with van der Waals surface area (Å²) < 4.78 is 18.2. The van der Waals surface area contributed by atoms with Crippen molar-refractivity contribution in [2.45, 2.75) is 25.9 Å². The van der Waals surface area contributed by atoms with Crippen LogP contribution in [0.3, 0.4) is 0 Å². The van der Waals surface area contributed by atoms with Crippen LogP contribution in [0.2, 0.25) is 0 Å². The Kier molecular flexibility index (Phi) is 7.26. The first-order chi connectivity index (χ1) is 15.0. The molecule has 7 nitrogen and oxygen atoms in total. The van der Waals surface area contributed by atoms with Gasteiger partial charge in [-0.25, -0.2) is 14.4 Å². The minimum atomic E-state index is -0.539. The molecule has 0 aliphatic heterocycles. The number of carbonyl (C=O) groups excluding carboxylic acids is 2. The van der Waals surface area contributed by atoms with Crippen LogP contribution in [0.1, 0.15) is 39.0 Å². The van der Waals surface area contributed by atoms with E-state index in [4.69, 9.17) is 4.74 Å². The van der Waals surface area contributed by atoms with Gasteiger partial charge in [0.05, 0.1) is 7.11 Å². The smallest absolute Gasteiger partial charge is 0.272 e. The van der Waals surface area contributed by atoms with E-state index in [9.17, 15) is 14.0 Å². The molecule has 0 spiro atoms. The maximum Gasteiger partial charge on any atom is 0.272 e. The lowest BCUT2D eigenvalue weighted by atomic mass is 10.1. The normalized spacial score (nSPS) is 11.5. The first kappa shape index (κ1) is 21.9. The summed E-state index contributed by atoms with van der Waals surface area (Å²) in [5.41, 5.74) is 1.59. The number of ether oxygens (including phenoxy) is 1. The lowest BCUT2D eigenvalue weighted by molar-refractivity contribution is 0.0902. The lowest BCUT2D eigenvalue weighted by Crippen LogP contribution is -2.37. The van der Waals surface area contributed by atoms with Gasteiger partial charge in [-0.2, -0.15) is 0 Å². The summed E-state index contributed by atoms with van der Waals surface area (Å²) in [6.07, 6.45) is 3.29. The van der Waals surface area contributed by atoms with Crippen molar-refractivity contribution in [3.05, 3.63) is 89.3 Å². The van der Waals surface area contributed by atoms with Gasteiger partial charge >= 0.3 is 0 Å². The van der Waals surface area contributed by atoms with Crippen LogP contribution in [-0.2, 0) is 13.0 Å². The number of nitrogens with zero attached hydrogens (tertiary/aromatic N) is 2. The number of rotatable bonds is 8. The van der Waals surface area contributed by atoms with Crippen molar-refractivity contribution in [2.24, 2.45) is 0 Å². The lowest BCUT2D eigenvalue weighted by Gasteiger charge is -2.15. The Morgan fingerprint density at radius 2 is 1.68 bits per heavy atom. The molecule has 1 atom stereocenters. The van der Waals surface area contributed by atoms with Gasteiger partial charge in [0.25, 0.3) is 11.8 Å². The summed E-state index contributed by atoms with van der Waals surface area (Å²) >= 11 is 0. The summed E-state index contributed by atoms with van der Waals surface area (Å²) in [4.78, 5) is 33.4. The summed E-state index contributed by atoms with van der Waals surface area (Å²) in [5, 5.41) is 5.53. The molecule has 0 saturated heterocycles. The average Bonchev–Trinajstić information content (AvgIpc) is 2.78. The second-order valence-corrected chi connectivity index (χ2v) is 6.99. The van der Waals surface area contributed by atoms with Gasteiger partial charge in [0.1, 0.15) is 11.6 Å². The van der Waals surface area contributed by atoms with E-state index in [1.54, 1.807) is 19.2 Å². The van der Waals surface area contributed by atoms with E-state index in [0.717, 1.165) is 16.9 Å². The maximum absolute atomic E-state index is 13.0. The van der Waals surface area contributed by atoms with Crippen LogP contribution in [0.5, 0.6) is 5.75 Å². The fourth-order valence-electron chi connectivity index (χ4n) is 3.03. The SMILES string of the molecule is COc1cccc(CC(C)NC(=O)c2nccnc2C(=O)NCc2ccc(F)cc2)c1. The monoisotopic (exact) mass is 422 g/mol. The van der Waals surface area contributed by atoms with E-state index in [-0.39, 0.29) is 29.8 Å². The van der Waals surface area contributed by atoms with E-state index in [0.29, 0.717) is 6.42 Å². The molecule has 0 radical (unpaired) electrons. The third-order valence-electron chi connectivity index (χ3n) is 4.55. The highest BCUT2D eigenvalue weighted by Crippen LogP contribution is 2.14. The molecule has 8 heteroatoms. The molecule has 0 fully saturated rings. The van der Waals surface area contributed by atoms with Crippen molar-refractivity contribution in [3.63, 3.8) is 0 Å². The van der Waals surface area contributed by atoms with E-state index in [2.05, 4.69) is 20.6 Å². The zero-order valence-electron chi connectivity index (χ0n) is 17.3. The van der Waals surface area contributed by atoms with Crippen molar-refractivity contribution < 1.29 is 18.7 Å². The van der Waals surface area contributed by atoms with Crippen LogP contribution in [0, 0.1) is 5.82 Å². The van der Waals surface area contributed by atoms with Crippen molar-refractivity contribution in [2.75, 3.05) is 7.11 Å². The Hall–Kier alpha value is -3.81. The van der Waals surface area contributed by atoms with Crippen LogP contribution in [0.25, 0.3) is 0 Å². The minimum absolute atomic E-state index is 0.0587. The van der Waals surface area contributed by atoms with Gasteiger partial charge in [0, 0.05) is 25.0 Å². The number of hydrogen-bond acceptors (Lipinski definition) is 5. The van der Waals surface area contributed by atoms with Crippen LogP contribution in [0.4, 0.5) is 4.39 Å². The van der Waals surface area contributed by atoms with Gasteiger partial charge in [-0.1, -0.05) is 24.3 Å². The number of hydrogen-bond donors (Lipinski definition) is 2. The number of nitrogens with one attached hydrogen (secondary N) is 2. The molecule has 2 aromatic carbocycles. The fourth-order valence-corrected chi connectivity index (χ4v) is 3.03. The molecule has 0 saturated carbocycles. The molecule has 0 bridgehead atoms. The molecule has 0 aliphatic rings. The number of aromatic nitrogens is 2. The Morgan fingerprint density at radius 1 is 1.00 bits per heavy atom. The molecule has 1 heterocycles. The highest BCUT2D eigenvalue weighted by atomic mass is 19.1. The second kappa shape index (κ2) is 10.3. The van der Waals surface area contributed by atoms with Crippen LogP contribution < -0.4 is 15.4 Å². The number of amides is 2. The molecule has 2 N–H and O–H groups in total. The maximum atomic E-state index is 13.0. The number of methoxy groups -OCH3 is 1. The van der Waals surface area contributed by atoms with Gasteiger partial charge in [-0.05, 0) is 48.7 Å². The van der Waals surface area contributed by atoms with Gasteiger partial charge < -0.3 is 15.4 Å². The molecule has 0 aliphatic carbocycles. The molecule has 2 amide bonds. The van der Waals surface area contributed by atoms with Crippen LogP contribution >= 0.6 is 0 Å². The zero-order chi connectivity index (χ0) is 22.2. The van der Waals surface area contributed by atoms with E-state index in [1.807, 2.05) is 31.2 Å². The predicted octanol–water partition coefficient (Wildman–Crippen LogP) is 2.92. The topological polar surface area (TPSA) is 93.2 Å². The number of benzene rings is 2. The molecule has 1 aromatic heterocycles. The van der Waals surface area contributed by atoms with Crippen molar-refractivity contribution in [1.29, 1.82) is 0 Å². The molecule has 160 valence electrons. The van der Waals surface area contributed by atoms with Gasteiger partial charge in [-0.15, -0.1) is 0 Å². The van der Waals surface area contributed by atoms with Crippen LogP contribution in [0.15, 0.2) is 60.9 Å². The van der Waals surface area contributed by atoms with E-state index in [1.165, 1.54) is 24.5 Å². The van der Waals surface area contributed by atoms with E-state index < -0.39 is 11.8 Å². The largest absolute Gasteiger partial charge is 0.497 e. The first-order valence-corrected chi connectivity index (χ1v) is 9.73. The quantitative estimate of drug-likeness (QED) is 0.582. The summed E-state index contributed by atoms with van der Waals surface area (Å²) in [7, 11) is 1.60. The van der Waals surface area contributed by atoms with Gasteiger partial charge in [-0.3, -0.25) is 9.59 Å². The van der Waals surface area contributed by atoms with Gasteiger partial charge in [0.2, 0.25) is 0 Å². The van der Waals surface area contributed by atoms with Gasteiger partial charge in [0.15, 0.2) is 11.4 Å². The highest BCUT2D eigenvalue weighted by Gasteiger charge is 2.21. The van der Waals surface area contributed by atoms with Crippen molar-refractivity contribution >= 4 is 11.8 Å². The Bertz CT molecular complexity index is 1060. The highest BCUT2D eigenvalue weighted by molar-refractivity contribution is 6.04. The third kappa shape index (κ3) is 6.08. The van der Waals surface area contributed by atoms with Crippen LogP contribution in [-0.4, -0.2) is 34.9 Å². The minimum Gasteiger partial charge on any atom is -0.497 e. The second-order valence-electron chi connectivity index (χ2n) is 6.99.